The van der Waals surface area contributed by atoms with Crippen LogP contribution in [0.15, 0.2) is 57.5 Å². The van der Waals surface area contributed by atoms with Crippen molar-refractivity contribution in [1.29, 1.82) is 0 Å². The van der Waals surface area contributed by atoms with Gasteiger partial charge in [0.15, 0.2) is 0 Å². The SMILES string of the molecule is CC(C)N(Cc1ccccc1)C(=O)c1cc(Br)ccc1Br. The van der Waals surface area contributed by atoms with Crippen molar-refractivity contribution in [1.82, 2.24) is 4.90 Å². The Morgan fingerprint density at radius 2 is 1.76 bits per heavy atom. The molecule has 4 heteroatoms. The quantitative estimate of drug-likeness (QED) is 0.672. The van der Waals surface area contributed by atoms with E-state index < -0.39 is 0 Å². The maximum atomic E-state index is 12.8. The second-order valence-electron chi connectivity index (χ2n) is 5.14. The number of amides is 1. The van der Waals surface area contributed by atoms with E-state index in [0.29, 0.717) is 12.1 Å². The second-order valence-corrected chi connectivity index (χ2v) is 6.91. The molecule has 0 aliphatic heterocycles. The molecule has 0 saturated heterocycles. The van der Waals surface area contributed by atoms with Gasteiger partial charge in [0, 0.05) is 21.5 Å². The van der Waals surface area contributed by atoms with Gasteiger partial charge in [-0.1, -0.05) is 46.3 Å². The van der Waals surface area contributed by atoms with Crippen molar-refractivity contribution in [3.63, 3.8) is 0 Å². The molecule has 0 N–H and O–H groups in total. The second kappa shape index (κ2) is 7.23. The minimum absolute atomic E-state index is 0.0297. The van der Waals surface area contributed by atoms with Crippen LogP contribution < -0.4 is 0 Å². The molecular weight excluding hydrogens is 394 g/mol. The van der Waals surface area contributed by atoms with E-state index in [1.165, 1.54) is 0 Å². The van der Waals surface area contributed by atoms with Gasteiger partial charge in [0.1, 0.15) is 0 Å². The Hall–Kier alpha value is -1.13. The van der Waals surface area contributed by atoms with Gasteiger partial charge in [-0.2, -0.15) is 0 Å². The third-order valence-electron chi connectivity index (χ3n) is 3.24. The molecule has 0 saturated carbocycles. The number of hydrogen-bond donors (Lipinski definition) is 0. The molecule has 0 atom stereocenters. The molecule has 0 fully saturated rings. The molecule has 0 bridgehead atoms. The fourth-order valence-corrected chi connectivity index (χ4v) is 2.86. The smallest absolute Gasteiger partial charge is 0.255 e. The molecule has 0 spiro atoms. The molecule has 21 heavy (non-hydrogen) atoms. The number of benzene rings is 2. The predicted octanol–water partition coefficient (Wildman–Crippen LogP) is 5.26. The molecule has 0 aliphatic carbocycles. The first-order chi connectivity index (χ1) is 9.99. The molecule has 0 aliphatic rings. The molecule has 0 radical (unpaired) electrons. The lowest BCUT2D eigenvalue weighted by molar-refractivity contribution is 0.0689. The largest absolute Gasteiger partial charge is 0.332 e. The van der Waals surface area contributed by atoms with Crippen molar-refractivity contribution in [3.05, 3.63) is 68.6 Å². The van der Waals surface area contributed by atoms with Gasteiger partial charge < -0.3 is 4.90 Å². The van der Waals surface area contributed by atoms with Gasteiger partial charge in [-0.25, -0.2) is 0 Å². The third kappa shape index (κ3) is 4.17. The first kappa shape index (κ1) is 16.2. The summed E-state index contributed by atoms with van der Waals surface area (Å²) >= 11 is 6.89. The van der Waals surface area contributed by atoms with E-state index in [1.807, 2.05) is 67.3 Å². The monoisotopic (exact) mass is 409 g/mol. The first-order valence-electron chi connectivity index (χ1n) is 6.79. The number of carbonyl (C=O) groups excluding carboxylic acids is 1. The lowest BCUT2D eigenvalue weighted by atomic mass is 10.1. The molecule has 0 unspecified atom stereocenters. The highest BCUT2D eigenvalue weighted by molar-refractivity contribution is 9.11. The maximum absolute atomic E-state index is 12.8. The zero-order valence-corrected chi connectivity index (χ0v) is 15.2. The van der Waals surface area contributed by atoms with Gasteiger partial charge in [-0.15, -0.1) is 0 Å². The highest BCUT2D eigenvalue weighted by Gasteiger charge is 2.21. The summed E-state index contributed by atoms with van der Waals surface area (Å²) in [5.74, 6) is 0.0297. The highest BCUT2D eigenvalue weighted by Crippen LogP contribution is 2.24. The van der Waals surface area contributed by atoms with Crippen molar-refractivity contribution in [3.8, 4) is 0 Å². The Bertz CT molecular complexity index is 626. The average molecular weight is 411 g/mol. The van der Waals surface area contributed by atoms with Crippen LogP contribution in [0.5, 0.6) is 0 Å². The van der Waals surface area contributed by atoms with Crippen LogP contribution >= 0.6 is 31.9 Å². The summed E-state index contributed by atoms with van der Waals surface area (Å²) in [5.41, 5.74) is 1.81. The molecule has 2 nitrogen and oxygen atoms in total. The van der Waals surface area contributed by atoms with Crippen LogP contribution in [-0.2, 0) is 6.54 Å². The van der Waals surface area contributed by atoms with E-state index in [9.17, 15) is 4.79 Å². The summed E-state index contributed by atoms with van der Waals surface area (Å²) < 4.78 is 1.71. The van der Waals surface area contributed by atoms with Crippen molar-refractivity contribution in [2.75, 3.05) is 0 Å². The zero-order valence-electron chi connectivity index (χ0n) is 12.0. The summed E-state index contributed by atoms with van der Waals surface area (Å²) in [7, 11) is 0. The number of nitrogens with zero attached hydrogens (tertiary/aromatic N) is 1. The summed E-state index contributed by atoms with van der Waals surface area (Å²) in [4.78, 5) is 14.7. The third-order valence-corrected chi connectivity index (χ3v) is 4.42. The van der Waals surface area contributed by atoms with Crippen LogP contribution in [0.3, 0.4) is 0 Å². The standard InChI is InChI=1S/C17H17Br2NO/c1-12(2)20(11-13-6-4-3-5-7-13)17(21)15-10-14(18)8-9-16(15)19/h3-10,12H,11H2,1-2H3. The van der Waals surface area contributed by atoms with Gasteiger partial charge >= 0.3 is 0 Å². The molecule has 0 aromatic heterocycles. The van der Waals surface area contributed by atoms with Gasteiger partial charge in [0.2, 0.25) is 0 Å². The number of rotatable bonds is 4. The van der Waals surface area contributed by atoms with Crippen LogP contribution in [0.4, 0.5) is 0 Å². The van der Waals surface area contributed by atoms with Crippen LogP contribution in [0.25, 0.3) is 0 Å². The fourth-order valence-electron chi connectivity index (χ4n) is 2.09. The van der Waals surface area contributed by atoms with Crippen LogP contribution in [0, 0.1) is 0 Å². The Morgan fingerprint density at radius 3 is 2.38 bits per heavy atom. The van der Waals surface area contributed by atoms with Crippen LogP contribution in [0.1, 0.15) is 29.8 Å². The minimum atomic E-state index is 0.0297. The Labute approximate surface area is 142 Å². The topological polar surface area (TPSA) is 20.3 Å². The Morgan fingerprint density at radius 1 is 1.10 bits per heavy atom. The number of carbonyl (C=O) groups is 1. The fraction of sp³-hybridized carbons (Fsp3) is 0.235. The van der Waals surface area contributed by atoms with E-state index in [4.69, 9.17) is 0 Å². The van der Waals surface area contributed by atoms with Crippen molar-refractivity contribution in [2.45, 2.75) is 26.4 Å². The van der Waals surface area contributed by atoms with Gasteiger partial charge in [-0.05, 0) is 53.5 Å². The van der Waals surface area contributed by atoms with Gasteiger partial charge in [0.05, 0.1) is 5.56 Å². The van der Waals surface area contributed by atoms with E-state index in [1.54, 1.807) is 0 Å². The summed E-state index contributed by atoms with van der Waals surface area (Å²) in [6.45, 7) is 4.68. The average Bonchev–Trinajstić information content (AvgIpc) is 2.47. The maximum Gasteiger partial charge on any atom is 0.255 e. The zero-order chi connectivity index (χ0) is 15.4. The van der Waals surface area contributed by atoms with E-state index >= 15 is 0 Å². The highest BCUT2D eigenvalue weighted by atomic mass is 79.9. The van der Waals surface area contributed by atoms with Crippen molar-refractivity contribution >= 4 is 37.8 Å². The van der Waals surface area contributed by atoms with Crippen molar-refractivity contribution in [2.24, 2.45) is 0 Å². The van der Waals surface area contributed by atoms with Gasteiger partial charge in [-0.3, -0.25) is 4.79 Å². The number of halogens is 2. The van der Waals surface area contributed by atoms with Gasteiger partial charge in [0.25, 0.3) is 5.91 Å². The van der Waals surface area contributed by atoms with Crippen LogP contribution in [0.2, 0.25) is 0 Å². The molecule has 2 rings (SSSR count). The molecule has 110 valence electrons. The van der Waals surface area contributed by atoms with Crippen molar-refractivity contribution < 1.29 is 4.79 Å². The molecule has 1 amide bonds. The Balaban J connectivity index is 2.30. The lowest BCUT2D eigenvalue weighted by Gasteiger charge is -2.27. The summed E-state index contributed by atoms with van der Waals surface area (Å²) in [6.07, 6.45) is 0. The lowest BCUT2D eigenvalue weighted by Crippen LogP contribution is -2.36. The summed E-state index contributed by atoms with van der Waals surface area (Å²) in [5, 5.41) is 0. The van der Waals surface area contributed by atoms with E-state index in [2.05, 4.69) is 31.9 Å². The first-order valence-corrected chi connectivity index (χ1v) is 8.37. The molecule has 0 heterocycles. The molecular formula is C17H17Br2NO. The summed E-state index contributed by atoms with van der Waals surface area (Å²) in [6, 6.07) is 15.8. The van der Waals surface area contributed by atoms with E-state index in [-0.39, 0.29) is 11.9 Å². The predicted molar refractivity (Wildman–Crippen MR) is 93.3 cm³/mol. The minimum Gasteiger partial charge on any atom is -0.332 e. The Kier molecular flexibility index (Phi) is 5.59. The molecule has 2 aromatic rings. The number of hydrogen-bond acceptors (Lipinski definition) is 1. The van der Waals surface area contributed by atoms with E-state index in [0.717, 1.165) is 14.5 Å². The molecule has 2 aromatic carbocycles. The van der Waals surface area contributed by atoms with Crippen LogP contribution in [-0.4, -0.2) is 16.8 Å². The normalized spacial score (nSPS) is 10.7.